The zero-order valence-corrected chi connectivity index (χ0v) is 23.3. The van der Waals surface area contributed by atoms with Crippen molar-refractivity contribution in [1.82, 2.24) is 29.3 Å². The molecule has 41 heavy (non-hydrogen) atoms. The van der Waals surface area contributed by atoms with Crippen LogP contribution in [-0.4, -0.2) is 60.8 Å². The number of ketones is 1. The van der Waals surface area contributed by atoms with Crippen molar-refractivity contribution in [3.05, 3.63) is 75.7 Å². The number of nitrogens with one attached hydrogen (secondary N) is 1. The van der Waals surface area contributed by atoms with Crippen LogP contribution in [0.25, 0.3) is 0 Å². The van der Waals surface area contributed by atoms with E-state index in [-0.39, 0.29) is 36.6 Å². The van der Waals surface area contributed by atoms with Gasteiger partial charge in [0.05, 0.1) is 6.33 Å². The van der Waals surface area contributed by atoms with Crippen molar-refractivity contribution in [1.29, 1.82) is 0 Å². The number of carbonyl (C=O) groups is 3. The molecule has 6 rings (SSSR count). The first-order chi connectivity index (χ1) is 19.4. The molecule has 0 radical (unpaired) electrons. The third-order valence-corrected chi connectivity index (χ3v) is 8.49. The molecule has 12 heteroatoms. The topological polar surface area (TPSA) is 139 Å². The largest absolute Gasteiger partial charge is 0.501 e. The molecule has 2 N–H and O–H groups in total. The Balaban J connectivity index is 1.54. The number of benzene rings is 1. The lowest BCUT2D eigenvalue weighted by molar-refractivity contribution is -0.144. The molecule has 11 nitrogen and oxygen atoms in total. The van der Waals surface area contributed by atoms with E-state index in [0.717, 1.165) is 0 Å². The van der Waals surface area contributed by atoms with Crippen molar-refractivity contribution in [3.8, 4) is 5.75 Å². The fourth-order valence-corrected chi connectivity index (χ4v) is 6.18. The highest BCUT2D eigenvalue weighted by molar-refractivity contribution is 6.36. The number of nitrogens with zero attached hydrogens (tertiary/aromatic N) is 5. The maximum atomic E-state index is 13.7. The lowest BCUT2D eigenvalue weighted by atomic mass is 9.63. The van der Waals surface area contributed by atoms with E-state index in [1.807, 2.05) is 10.8 Å². The van der Waals surface area contributed by atoms with Crippen molar-refractivity contribution in [3.63, 3.8) is 0 Å². The second-order valence-corrected chi connectivity index (χ2v) is 11.6. The van der Waals surface area contributed by atoms with E-state index in [9.17, 15) is 28.7 Å². The van der Waals surface area contributed by atoms with E-state index in [0.29, 0.717) is 43.4 Å². The van der Waals surface area contributed by atoms with Crippen LogP contribution in [0.2, 0.25) is 0 Å². The number of halogens is 1. The molecule has 1 saturated carbocycles. The summed E-state index contributed by atoms with van der Waals surface area (Å²) < 4.78 is 17.0. The van der Waals surface area contributed by atoms with E-state index in [4.69, 9.17) is 0 Å². The molecule has 2 aliphatic heterocycles. The molecule has 0 saturated heterocycles. The van der Waals surface area contributed by atoms with Crippen molar-refractivity contribution in [2.24, 2.45) is 5.41 Å². The van der Waals surface area contributed by atoms with Crippen LogP contribution in [0.4, 0.5) is 4.39 Å². The number of hydrogen-bond donors (Lipinski definition) is 2. The van der Waals surface area contributed by atoms with Crippen LogP contribution in [0.5, 0.6) is 5.75 Å². The SMILES string of the molecule is Cc1cc(CNC(=O)c2nc3n(c(=O)c2O)CC2(Cn4ccnc4)CCC3(CC(=O)C(=O)N(C)C)CC2)ccc1F. The number of fused-ring (bicyclic) bond motifs is 2. The van der Waals surface area contributed by atoms with Gasteiger partial charge in [-0.25, -0.2) is 14.4 Å². The Bertz CT molecular complexity index is 1570. The van der Waals surface area contributed by atoms with Gasteiger partial charge in [0.2, 0.25) is 11.5 Å². The first-order valence-corrected chi connectivity index (χ1v) is 13.5. The van der Waals surface area contributed by atoms with Crippen LogP contribution >= 0.6 is 0 Å². The smallest absolute Gasteiger partial charge is 0.296 e. The van der Waals surface area contributed by atoms with Crippen LogP contribution in [0.1, 0.15) is 59.5 Å². The number of carbonyl (C=O) groups excluding carboxylic acids is 3. The fourth-order valence-electron chi connectivity index (χ4n) is 6.18. The normalized spacial score (nSPS) is 21.2. The molecule has 1 aromatic carbocycles. The summed E-state index contributed by atoms with van der Waals surface area (Å²) in [6, 6.07) is 4.42. The van der Waals surface area contributed by atoms with Crippen LogP contribution in [-0.2, 0) is 34.6 Å². The number of imidazole rings is 1. The molecule has 3 aromatic rings. The average Bonchev–Trinajstić information content (AvgIpc) is 3.36. The number of rotatable bonds is 8. The maximum Gasteiger partial charge on any atom is 0.296 e. The number of aromatic nitrogens is 4. The number of likely N-dealkylation sites (N-methyl/N-ethyl adjacent to an activating group) is 1. The summed E-state index contributed by atoms with van der Waals surface area (Å²) in [5.74, 6) is -2.96. The minimum absolute atomic E-state index is 0.0223. The molecule has 3 aliphatic rings. The molecule has 1 fully saturated rings. The van der Waals surface area contributed by atoms with Crippen molar-refractivity contribution in [2.45, 2.75) is 64.1 Å². The van der Waals surface area contributed by atoms with Gasteiger partial charge < -0.3 is 19.9 Å². The summed E-state index contributed by atoms with van der Waals surface area (Å²) in [4.78, 5) is 62.5. The van der Waals surface area contributed by atoms with Gasteiger partial charge in [-0.15, -0.1) is 0 Å². The van der Waals surface area contributed by atoms with Gasteiger partial charge in [-0.3, -0.25) is 23.7 Å². The summed E-state index contributed by atoms with van der Waals surface area (Å²) in [5.41, 5.74) is -1.51. The van der Waals surface area contributed by atoms with Gasteiger partial charge in [0.25, 0.3) is 17.4 Å². The lowest BCUT2D eigenvalue weighted by Crippen LogP contribution is -2.42. The van der Waals surface area contributed by atoms with E-state index in [1.54, 1.807) is 25.5 Å². The van der Waals surface area contributed by atoms with E-state index in [2.05, 4.69) is 15.3 Å². The maximum absolute atomic E-state index is 13.7. The monoisotopic (exact) mass is 564 g/mol. The average molecular weight is 565 g/mol. The molecule has 216 valence electrons. The first kappa shape index (κ1) is 28.2. The van der Waals surface area contributed by atoms with Gasteiger partial charge >= 0.3 is 0 Å². The summed E-state index contributed by atoms with van der Waals surface area (Å²) in [5, 5.41) is 13.6. The molecule has 4 heterocycles. The van der Waals surface area contributed by atoms with Crippen LogP contribution in [0.15, 0.2) is 41.7 Å². The quantitative estimate of drug-likeness (QED) is 0.400. The summed E-state index contributed by atoms with van der Waals surface area (Å²) in [7, 11) is 3.00. The Morgan fingerprint density at radius 3 is 2.54 bits per heavy atom. The second-order valence-electron chi connectivity index (χ2n) is 11.6. The number of aromatic hydroxyl groups is 1. The van der Waals surface area contributed by atoms with E-state index in [1.165, 1.54) is 35.7 Å². The summed E-state index contributed by atoms with van der Waals surface area (Å²) >= 11 is 0. The van der Waals surface area contributed by atoms with Crippen LogP contribution in [0, 0.1) is 18.2 Å². The standard InChI is InChI=1S/C29H33FN6O5/c1-18-12-19(4-5-20(18)30)14-32-24(39)22-23(38)26(41)36-16-28(15-35-11-10-31-17-35)6-8-29(9-7-28,27(36)33-22)13-21(37)25(40)34(2)3/h4-5,10-12,17,38H,6-9,13-16H2,1-3H3,(H,32,39). The highest BCUT2D eigenvalue weighted by atomic mass is 19.1. The number of aryl methyl sites for hydroxylation is 1. The van der Waals surface area contributed by atoms with Crippen LogP contribution in [0.3, 0.4) is 0 Å². The zero-order valence-electron chi connectivity index (χ0n) is 23.3. The predicted molar refractivity (Wildman–Crippen MR) is 146 cm³/mol. The van der Waals surface area contributed by atoms with Gasteiger partial charge in [-0.2, -0.15) is 0 Å². The Morgan fingerprint density at radius 1 is 1.17 bits per heavy atom. The van der Waals surface area contributed by atoms with Gasteiger partial charge in [0.15, 0.2) is 5.69 Å². The number of hydrogen-bond acceptors (Lipinski definition) is 7. The van der Waals surface area contributed by atoms with Crippen molar-refractivity contribution in [2.75, 3.05) is 14.1 Å². The van der Waals surface area contributed by atoms with Gasteiger partial charge in [0, 0.05) is 63.4 Å². The highest BCUT2D eigenvalue weighted by Crippen LogP contribution is 2.53. The minimum Gasteiger partial charge on any atom is -0.501 e. The molecule has 1 aliphatic carbocycles. The Morgan fingerprint density at radius 2 is 1.90 bits per heavy atom. The molecular weight excluding hydrogens is 531 g/mol. The lowest BCUT2D eigenvalue weighted by Gasteiger charge is -2.41. The van der Waals surface area contributed by atoms with Gasteiger partial charge in [-0.1, -0.05) is 12.1 Å². The van der Waals surface area contributed by atoms with Gasteiger partial charge in [0.1, 0.15) is 11.6 Å². The summed E-state index contributed by atoms with van der Waals surface area (Å²) in [6.07, 6.45) is 7.29. The Hall–Kier alpha value is -4.35. The summed E-state index contributed by atoms with van der Waals surface area (Å²) in [6.45, 7) is 2.43. The first-order valence-electron chi connectivity index (χ1n) is 13.5. The third-order valence-electron chi connectivity index (χ3n) is 8.49. The molecule has 0 spiro atoms. The minimum atomic E-state index is -0.965. The van der Waals surface area contributed by atoms with Crippen LogP contribution < -0.4 is 10.9 Å². The molecule has 2 bridgehead atoms. The molecule has 2 aromatic heterocycles. The van der Waals surface area contributed by atoms with E-state index >= 15 is 0 Å². The third kappa shape index (κ3) is 5.25. The molecular formula is C29H33FN6O5. The zero-order chi connectivity index (χ0) is 29.5. The Kier molecular flexibility index (Phi) is 7.26. The number of amides is 2. The highest BCUT2D eigenvalue weighted by Gasteiger charge is 2.52. The molecule has 0 atom stereocenters. The van der Waals surface area contributed by atoms with Gasteiger partial charge in [-0.05, 0) is 49.8 Å². The van der Waals surface area contributed by atoms with Crippen molar-refractivity contribution >= 4 is 17.6 Å². The second kappa shape index (κ2) is 10.6. The van der Waals surface area contributed by atoms with E-state index < -0.39 is 40.0 Å². The molecule has 2 amide bonds. The fraction of sp³-hybridized carbons (Fsp3) is 0.448. The van der Waals surface area contributed by atoms with Crippen molar-refractivity contribution < 1.29 is 23.9 Å². The number of Topliss-reactive ketones (excluding diaryl/α,β-unsaturated/α-hetero) is 1. The molecule has 0 unspecified atom stereocenters. The predicted octanol–water partition coefficient (Wildman–Crippen LogP) is 2.08. The Labute approximate surface area is 236 Å².